The van der Waals surface area contributed by atoms with E-state index in [0.717, 1.165) is 5.56 Å². The molecular formula is C26H38N2O6S. The van der Waals surface area contributed by atoms with Crippen molar-refractivity contribution in [2.24, 2.45) is 5.92 Å². The van der Waals surface area contributed by atoms with Crippen molar-refractivity contribution in [3.8, 4) is 5.75 Å². The van der Waals surface area contributed by atoms with E-state index in [4.69, 9.17) is 4.74 Å². The summed E-state index contributed by atoms with van der Waals surface area (Å²) in [6.07, 6.45) is -1.30. The van der Waals surface area contributed by atoms with Gasteiger partial charge in [-0.3, -0.25) is 4.79 Å². The predicted molar refractivity (Wildman–Crippen MR) is 136 cm³/mol. The van der Waals surface area contributed by atoms with E-state index in [1.54, 1.807) is 19.1 Å². The molecule has 0 saturated heterocycles. The summed E-state index contributed by atoms with van der Waals surface area (Å²) in [7, 11) is -2.40. The molecule has 3 N–H and O–H groups in total. The first-order chi connectivity index (χ1) is 16.6. The molecule has 0 aliphatic carbocycles. The first-order valence-corrected chi connectivity index (χ1v) is 13.3. The van der Waals surface area contributed by atoms with Crippen molar-refractivity contribution in [3.63, 3.8) is 0 Å². The Balaban J connectivity index is 2.29. The second-order valence-corrected chi connectivity index (χ2v) is 11.0. The number of aliphatic hydroxyl groups excluding tert-OH is 2. The minimum Gasteiger partial charge on any atom is -0.497 e. The number of carbonyl (C=O) groups excluding carboxylic acids is 1. The molecule has 9 heteroatoms. The summed E-state index contributed by atoms with van der Waals surface area (Å²) in [4.78, 5) is 12.6. The lowest BCUT2D eigenvalue weighted by Gasteiger charge is -2.31. The summed E-state index contributed by atoms with van der Waals surface area (Å²) in [5.74, 6) is 0.157. The molecule has 2 aromatic rings. The van der Waals surface area contributed by atoms with Gasteiger partial charge in [0.1, 0.15) is 5.75 Å². The van der Waals surface area contributed by atoms with Crippen LogP contribution < -0.4 is 10.1 Å². The third-order valence-electron chi connectivity index (χ3n) is 5.66. The molecule has 3 atom stereocenters. The highest BCUT2D eigenvalue weighted by atomic mass is 32.2. The smallest absolute Gasteiger partial charge is 0.243 e. The van der Waals surface area contributed by atoms with Crippen LogP contribution in [-0.2, 0) is 21.2 Å². The van der Waals surface area contributed by atoms with Crippen molar-refractivity contribution in [2.45, 2.75) is 63.2 Å². The summed E-state index contributed by atoms with van der Waals surface area (Å²) in [5.41, 5.74) is 0.890. The number of benzene rings is 2. The van der Waals surface area contributed by atoms with E-state index in [0.29, 0.717) is 18.6 Å². The zero-order valence-electron chi connectivity index (χ0n) is 20.9. The molecule has 0 aromatic heterocycles. The van der Waals surface area contributed by atoms with Gasteiger partial charge in [0.15, 0.2) is 0 Å². The van der Waals surface area contributed by atoms with Crippen molar-refractivity contribution >= 4 is 15.9 Å². The molecule has 8 nitrogen and oxygen atoms in total. The van der Waals surface area contributed by atoms with Gasteiger partial charge in [-0.1, -0.05) is 51.1 Å². The molecule has 0 aliphatic rings. The Morgan fingerprint density at radius 2 is 1.66 bits per heavy atom. The molecule has 2 rings (SSSR count). The standard InChI is InChI=1S/C26H38N2O6S/c1-5-21(29)16-26(31)27-24(15-20-9-7-6-8-10-20)25(30)18-28(17-19(2)3)35(32,33)23-13-11-22(34-4)12-14-23/h6-14,19,21,24-25,29-30H,5,15-18H2,1-4H3,(H,27,31)/t21-,24+,25-/m1/s1. The first-order valence-electron chi connectivity index (χ1n) is 11.9. The Morgan fingerprint density at radius 3 is 2.20 bits per heavy atom. The highest BCUT2D eigenvalue weighted by Crippen LogP contribution is 2.21. The average molecular weight is 507 g/mol. The molecule has 0 saturated carbocycles. The maximum atomic E-state index is 13.4. The topological polar surface area (TPSA) is 116 Å². The molecule has 0 unspecified atom stereocenters. The number of rotatable bonds is 14. The van der Waals surface area contributed by atoms with Crippen LogP contribution in [0.25, 0.3) is 0 Å². The number of sulfonamides is 1. The normalized spacial score (nSPS) is 14.5. The second-order valence-electron chi connectivity index (χ2n) is 9.09. The zero-order chi connectivity index (χ0) is 26.0. The zero-order valence-corrected chi connectivity index (χ0v) is 21.7. The van der Waals surface area contributed by atoms with E-state index in [1.165, 1.54) is 23.5 Å². The van der Waals surface area contributed by atoms with Crippen LogP contribution in [0.3, 0.4) is 0 Å². The third kappa shape index (κ3) is 8.92. The molecule has 0 heterocycles. The Morgan fingerprint density at radius 1 is 1.03 bits per heavy atom. The summed E-state index contributed by atoms with van der Waals surface area (Å²) < 4.78 is 33.3. The predicted octanol–water partition coefficient (Wildman–Crippen LogP) is 2.59. The van der Waals surface area contributed by atoms with Gasteiger partial charge >= 0.3 is 0 Å². The van der Waals surface area contributed by atoms with Crippen LogP contribution in [0.2, 0.25) is 0 Å². The van der Waals surface area contributed by atoms with Gasteiger partial charge in [0.25, 0.3) is 0 Å². The monoisotopic (exact) mass is 506 g/mol. The van der Waals surface area contributed by atoms with Crippen molar-refractivity contribution in [1.82, 2.24) is 9.62 Å². The highest BCUT2D eigenvalue weighted by Gasteiger charge is 2.31. The van der Waals surface area contributed by atoms with Crippen molar-refractivity contribution in [2.75, 3.05) is 20.2 Å². The molecule has 0 fully saturated rings. The first kappa shape index (κ1) is 28.8. The fourth-order valence-corrected chi connectivity index (χ4v) is 5.31. The molecule has 0 bridgehead atoms. The summed E-state index contributed by atoms with van der Waals surface area (Å²) >= 11 is 0. The molecular weight excluding hydrogens is 468 g/mol. The average Bonchev–Trinajstić information content (AvgIpc) is 2.83. The van der Waals surface area contributed by atoms with Gasteiger partial charge in [-0.05, 0) is 48.6 Å². The fraction of sp³-hybridized carbons (Fsp3) is 0.500. The third-order valence-corrected chi connectivity index (χ3v) is 7.50. The number of ether oxygens (including phenoxy) is 1. The molecule has 35 heavy (non-hydrogen) atoms. The summed E-state index contributed by atoms with van der Waals surface area (Å²) in [6.45, 7) is 5.59. The van der Waals surface area contributed by atoms with Gasteiger partial charge in [0, 0.05) is 13.1 Å². The van der Waals surface area contributed by atoms with Crippen molar-refractivity contribution in [1.29, 1.82) is 0 Å². The number of carbonyl (C=O) groups is 1. The molecule has 1 amide bonds. The van der Waals surface area contributed by atoms with Crippen molar-refractivity contribution < 1.29 is 28.2 Å². The number of methoxy groups -OCH3 is 1. The SMILES string of the molecule is CC[C@@H](O)CC(=O)N[C@@H](Cc1ccccc1)[C@H](O)CN(CC(C)C)S(=O)(=O)c1ccc(OC)cc1. The van der Waals surface area contributed by atoms with E-state index in [-0.39, 0.29) is 30.3 Å². The van der Waals surface area contributed by atoms with Gasteiger partial charge < -0.3 is 20.3 Å². The number of hydrogen-bond acceptors (Lipinski definition) is 6. The quantitative estimate of drug-likeness (QED) is 0.363. The lowest BCUT2D eigenvalue weighted by Crippen LogP contribution is -2.51. The number of aliphatic hydroxyl groups is 2. The van der Waals surface area contributed by atoms with E-state index < -0.39 is 34.2 Å². The number of hydrogen-bond donors (Lipinski definition) is 3. The lowest BCUT2D eigenvalue weighted by molar-refractivity contribution is -0.124. The van der Waals surface area contributed by atoms with E-state index in [2.05, 4.69) is 5.32 Å². The Bertz CT molecular complexity index is 1010. The maximum Gasteiger partial charge on any atom is 0.243 e. The molecule has 0 radical (unpaired) electrons. The van der Waals surface area contributed by atoms with Gasteiger partial charge in [-0.15, -0.1) is 0 Å². The summed E-state index contributed by atoms with van der Waals surface area (Å²) in [6, 6.07) is 14.7. The van der Waals surface area contributed by atoms with E-state index >= 15 is 0 Å². The summed E-state index contributed by atoms with van der Waals surface area (Å²) in [5, 5.41) is 23.9. The van der Waals surface area contributed by atoms with Gasteiger partial charge in [-0.25, -0.2) is 8.42 Å². The molecule has 0 spiro atoms. The minimum atomic E-state index is -3.91. The van der Waals surface area contributed by atoms with Gasteiger partial charge in [0.2, 0.25) is 15.9 Å². The second kappa shape index (κ2) is 13.6. The lowest BCUT2D eigenvalue weighted by atomic mass is 10.0. The van der Waals surface area contributed by atoms with Crippen molar-refractivity contribution in [3.05, 3.63) is 60.2 Å². The van der Waals surface area contributed by atoms with Crippen LogP contribution in [0.4, 0.5) is 0 Å². The van der Waals surface area contributed by atoms with Gasteiger partial charge in [0.05, 0.1) is 36.7 Å². The maximum absolute atomic E-state index is 13.4. The van der Waals surface area contributed by atoms with E-state index in [9.17, 15) is 23.4 Å². The van der Waals surface area contributed by atoms with Crippen LogP contribution in [-0.4, -0.2) is 67.3 Å². The molecule has 2 aromatic carbocycles. The molecule has 194 valence electrons. The Kier molecular flexibility index (Phi) is 11.2. The Hall–Kier alpha value is -2.46. The highest BCUT2D eigenvalue weighted by molar-refractivity contribution is 7.89. The number of nitrogens with one attached hydrogen (secondary N) is 1. The Labute approximate surface area is 209 Å². The molecule has 0 aliphatic heterocycles. The fourth-order valence-electron chi connectivity index (χ4n) is 3.69. The van der Waals surface area contributed by atoms with Gasteiger partial charge in [-0.2, -0.15) is 4.31 Å². The van der Waals surface area contributed by atoms with Crippen LogP contribution >= 0.6 is 0 Å². The number of nitrogens with zero attached hydrogens (tertiary/aromatic N) is 1. The largest absolute Gasteiger partial charge is 0.497 e. The van der Waals surface area contributed by atoms with Crippen LogP contribution in [0.1, 0.15) is 39.2 Å². The number of amides is 1. The van der Waals surface area contributed by atoms with Crippen LogP contribution in [0, 0.1) is 5.92 Å². The minimum absolute atomic E-state index is 0.0112. The van der Waals surface area contributed by atoms with Crippen LogP contribution in [0.5, 0.6) is 5.75 Å². The van der Waals surface area contributed by atoms with E-state index in [1.807, 2.05) is 44.2 Å². The van der Waals surface area contributed by atoms with Crippen LogP contribution in [0.15, 0.2) is 59.5 Å².